The van der Waals surface area contributed by atoms with Crippen molar-refractivity contribution in [2.75, 3.05) is 0 Å². The highest BCUT2D eigenvalue weighted by atomic mass is 16.1. The highest BCUT2D eigenvalue weighted by Gasteiger charge is 2.19. The van der Waals surface area contributed by atoms with Crippen molar-refractivity contribution >= 4 is 16.8 Å². The molecule has 3 rings (SSSR count). The molecule has 1 fully saturated rings. The second-order valence-corrected chi connectivity index (χ2v) is 5.36. The van der Waals surface area contributed by atoms with Crippen LogP contribution in [0, 0.1) is 12.8 Å². The van der Waals surface area contributed by atoms with Crippen LogP contribution < -0.4 is 0 Å². The average Bonchev–Trinajstić information content (AvgIpc) is 2.71. The number of nitrogens with zero attached hydrogens (tertiary/aromatic N) is 1. The van der Waals surface area contributed by atoms with Crippen molar-refractivity contribution in [2.24, 2.45) is 5.92 Å². The van der Waals surface area contributed by atoms with Crippen molar-refractivity contribution in [2.45, 2.75) is 39.0 Å². The van der Waals surface area contributed by atoms with Gasteiger partial charge in [0.2, 0.25) is 0 Å². The van der Waals surface area contributed by atoms with Crippen molar-refractivity contribution < 1.29 is 4.79 Å². The van der Waals surface area contributed by atoms with Crippen molar-refractivity contribution in [3.63, 3.8) is 0 Å². The summed E-state index contributed by atoms with van der Waals surface area (Å²) in [5, 5.41) is 0. The normalized spacial score (nSPS) is 17.5. The van der Waals surface area contributed by atoms with Gasteiger partial charge in [0.15, 0.2) is 0 Å². The summed E-state index contributed by atoms with van der Waals surface area (Å²) in [6.07, 6.45) is 4.74. The molecular formula is C15H18N2O. The minimum absolute atomic E-state index is 0.436. The molecule has 0 unspecified atom stereocenters. The van der Waals surface area contributed by atoms with E-state index in [0.29, 0.717) is 11.7 Å². The van der Waals surface area contributed by atoms with Crippen molar-refractivity contribution in [1.82, 2.24) is 9.97 Å². The van der Waals surface area contributed by atoms with Gasteiger partial charge in [-0.2, -0.15) is 0 Å². The molecule has 1 aromatic carbocycles. The number of fused-ring (bicyclic) bond motifs is 1. The molecule has 1 aliphatic carbocycles. The summed E-state index contributed by atoms with van der Waals surface area (Å²) in [5.74, 6) is 2.07. The minimum Gasteiger partial charge on any atom is -0.342 e. The molecule has 0 spiro atoms. The maximum Gasteiger partial charge on any atom is 0.132 e. The van der Waals surface area contributed by atoms with E-state index >= 15 is 0 Å². The summed E-state index contributed by atoms with van der Waals surface area (Å²) in [5.41, 5.74) is 3.51. The van der Waals surface area contributed by atoms with Gasteiger partial charge in [0.05, 0.1) is 11.0 Å². The molecule has 3 heteroatoms. The van der Waals surface area contributed by atoms with Crippen LogP contribution in [-0.4, -0.2) is 15.8 Å². The number of ketones is 1. The Balaban J connectivity index is 1.76. The Morgan fingerprint density at radius 3 is 2.89 bits per heavy atom. The number of Topliss-reactive ketones (excluding diaryl/α,β-unsaturated/α-hetero) is 1. The molecule has 0 bridgehead atoms. The fraction of sp³-hybridized carbons (Fsp3) is 0.467. The molecule has 0 aliphatic heterocycles. The number of nitrogens with one attached hydrogen (secondary N) is 1. The van der Waals surface area contributed by atoms with E-state index in [1.54, 1.807) is 0 Å². The van der Waals surface area contributed by atoms with Crippen LogP contribution in [0.4, 0.5) is 0 Å². The highest BCUT2D eigenvalue weighted by Crippen LogP contribution is 2.26. The molecule has 1 saturated carbocycles. The zero-order chi connectivity index (χ0) is 12.5. The Kier molecular flexibility index (Phi) is 2.90. The van der Waals surface area contributed by atoms with E-state index in [-0.39, 0.29) is 0 Å². The van der Waals surface area contributed by atoms with Gasteiger partial charge in [-0.3, -0.25) is 4.79 Å². The molecule has 0 radical (unpaired) electrons. The van der Waals surface area contributed by atoms with Crippen LogP contribution >= 0.6 is 0 Å². The molecule has 1 aliphatic rings. The van der Waals surface area contributed by atoms with Crippen molar-refractivity contribution in [1.29, 1.82) is 0 Å². The molecule has 1 aromatic heterocycles. The molecule has 1 N–H and O–H groups in total. The van der Waals surface area contributed by atoms with E-state index < -0.39 is 0 Å². The zero-order valence-corrected chi connectivity index (χ0v) is 10.7. The first-order chi connectivity index (χ1) is 8.70. The lowest BCUT2D eigenvalue weighted by Gasteiger charge is -2.20. The second kappa shape index (κ2) is 4.56. The summed E-state index contributed by atoms with van der Waals surface area (Å²) >= 11 is 0. The number of hydrogen-bond donors (Lipinski definition) is 1. The number of aromatic amines is 1. The lowest BCUT2D eigenvalue weighted by atomic mass is 9.84. The van der Waals surface area contributed by atoms with E-state index in [9.17, 15) is 4.79 Å². The van der Waals surface area contributed by atoms with Gasteiger partial charge in [0.1, 0.15) is 11.6 Å². The summed E-state index contributed by atoms with van der Waals surface area (Å²) in [7, 11) is 0. The third-order valence-electron chi connectivity index (χ3n) is 3.85. The van der Waals surface area contributed by atoms with Gasteiger partial charge in [-0.1, -0.05) is 6.07 Å². The number of H-pyrrole nitrogens is 1. The number of carbonyl (C=O) groups is 1. The number of hydrogen-bond acceptors (Lipinski definition) is 2. The number of carbonyl (C=O) groups excluding carboxylic acids is 1. The molecule has 1 heterocycles. The molecule has 94 valence electrons. The third kappa shape index (κ3) is 2.30. The highest BCUT2D eigenvalue weighted by molar-refractivity contribution is 5.79. The van der Waals surface area contributed by atoms with Gasteiger partial charge in [0.25, 0.3) is 0 Å². The lowest BCUT2D eigenvalue weighted by molar-refractivity contribution is -0.121. The van der Waals surface area contributed by atoms with Crippen molar-refractivity contribution in [3.8, 4) is 0 Å². The first-order valence-corrected chi connectivity index (χ1v) is 6.67. The van der Waals surface area contributed by atoms with E-state index in [0.717, 1.165) is 49.0 Å². The molecule has 0 saturated heterocycles. The number of imidazole rings is 1. The molecule has 0 atom stereocenters. The first-order valence-electron chi connectivity index (χ1n) is 6.67. The summed E-state index contributed by atoms with van der Waals surface area (Å²) in [6.45, 7) is 1.98. The molecule has 0 amide bonds. The molecule has 2 aromatic rings. The maximum absolute atomic E-state index is 11.2. The quantitative estimate of drug-likeness (QED) is 0.879. The van der Waals surface area contributed by atoms with E-state index in [1.807, 2.05) is 6.92 Å². The van der Waals surface area contributed by atoms with Crippen LogP contribution in [0.15, 0.2) is 18.2 Å². The van der Waals surface area contributed by atoms with Gasteiger partial charge in [0, 0.05) is 12.8 Å². The summed E-state index contributed by atoms with van der Waals surface area (Å²) < 4.78 is 0. The van der Waals surface area contributed by atoms with Crippen LogP contribution in [0.1, 0.15) is 37.1 Å². The Morgan fingerprint density at radius 2 is 2.11 bits per heavy atom. The van der Waals surface area contributed by atoms with Gasteiger partial charge < -0.3 is 4.98 Å². The van der Waals surface area contributed by atoms with Crippen LogP contribution in [0.5, 0.6) is 0 Å². The monoisotopic (exact) mass is 242 g/mol. The topological polar surface area (TPSA) is 45.8 Å². The largest absolute Gasteiger partial charge is 0.342 e. The van der Waals surface area contributed by atoms with Crippen LogP contribution in [0.2, 0.25) is 0 Å². The third-order valence-corrected chi connectivity index (χ3v) is 3.85. The Hall–Kier alpha value is -1.64. The van der Waals surface area contributed by atoms with E-state index in [1.165, 1.54) is 5.56 Å². The standard InChI is InChI=1S/C15H18N2O/c1-10-16-14-7-4-12(9-15(14)17-10)8-11-2-5-13(18)6-3-11/h4,7,9,11H,2-3,5-6,8H2,1H3,(H,16,17). The van der Waals surface area contributed by atoms with Gasteiger partial charge in [-0.05, 0) is 49.8 Å². The number of benzene rings is 1. The second-order valence-electron chi connectivity index (χ2n) is 5.36. The van der Waals surface area contributed by atoms with Gasteiger partial charge >= 0.3 is 0 Å². The summed E-state index contributed by atoms with van der Waals surface area (Å²) in [6, 6.07) is 6.45. The minimum atomic E-state index is 0.436. The summed E-state index contributed by atoms with van der Waals surface area (Å²) in [4.78, 5) is 18.9. The van der Waals surface area contributed by atoms with Gasteiger partial charge in [-0.15, -0.1) is 0 Å². The molecule has 3 nitrogen and oxygen atoms in total. The fourth-order valence-electron chi connectivity index (χ4n) is 2.85. The average molecular weight is 242 g/mol. The first kappa shape index (κ1) is 11.5. The Labute approximate surface area is 107 Å². The molecule has 18 heavy (non-hydrogen) atoms. The van der Waals surface area contributed by atoms with Crippen molar-refractivity contribution in [3.05, 3.63) is 29.6 Å². The van der Waals surface area contributed by atoms with Crippen LogP contribution in [0.25, 0.3) is 11.0 Å². The Bertz CT molecular complexity index is 575. The van der Waals surface area contributed by atoms with Crippen LogP contribution in [-0.2, 0) is 11.2 Å². The number of aromatic nitrogens is 2. The number of rotatable bonds is 2. The lowest BCUT2D eigenvalue weighted by Crippen LogP contribution is -2.15. The van der Waals surface area contributed by atoms with E-state index in [4.69, 9.17) is 0 Å². The predicted octanol–water partition coefficient (Wildman–Crippen LogP) is 3.17. The predicted molar refractivity (Wildman–Crippen MR) is 71.5 cm³/mol. The Morgan fingerprint density at radius 1 is 1.33 bits per heavy atom. The molecular weight excluding hydrogens is 224 g/mol. The maximum atomic E-state index is 11.2. The van der Waals surface area contributed by atoms with E-state index in [2.05, 4.69) is 28.2 Å². The van der Waals surface area contributed by atoms with Crippen LogP contribution in [0.3, 0.4) is 0 Å². The fourth-order valence-corrected chi connectivity index (χ4v) is 2.85. The number of aryl methyl sites for hydroxylation is 1. The zero-order valence-electron chi connectivity index (χ0n) is 10.7. The SMILES string of the molecule is Cc1nc2ccc(CC3CCC(=O)CC3)cc2[nH]1. The van der Waals surface area contributed by atoms with Gasteiger partial charge in [-0.25, -0.2) is 4.98 Å². The smallest absolute Gasteiger partial charge is 0.132 e.